The van der Waals surface area contributed by atoms with Gasteiger partial charge in [-0.2, -0.15) is 0 Å². The Bertz CT molecular complexity index is 356. The quantitative estimate of drug-likeness (QED) is 0.661. The van der Waals surface area contributed by atoms with E-state index < -0.39 is 0 Å². The first-order valence-electron chi connectivity index (χ1n) is 5.59. The van der Waals surface area contributed by atoms with Crippen molar-refractivity contribution >= 4 is 11.6 Å². The van der Waals surface area contributed by atoms with Crippen LogP contribution >= 0.6 is 0 Å². The van der Waals surface area contributed by atoms with E-state index in [1.165, 1.54) is 0 Å². The predicted molar refractivity (Wildman–Crippen MR) is 62.4 cm³/mol. The highest BCUT2D eigenvalue weighted by Gasteiger charge is 2.20. The van der Waals surface area contributed by atoms with E-state index in [4.69, 9.17) is 5.11 Å². The molecule has 1 amide bonds. The zero-order valence-electron chi connectivity index (χ0n) is 9.07. The molecule has 1 aliphatic rings. The molecule has 1 saturated heterocycles. The Morgan fingerprint density at radius 1 is 1.31 bits per heavy atom. The maximum atomic E-state index is 11.8. The van der Waals surface area contributed by atoms with Crippen molar-refractivity contribution in [3.8, 4) is 5.75 Å². The average Bonchev–Trinajstić information content (AvgIpc) is 2.33. The molecule has 3 N–H and O–H groups in total. The molecule has 1 fully saturated rings. The third-order valence-electron chi connectivity index (χ3n) is 2.76. The molecule has 4 heteroatoms. The first kappa shape index (κ1) is 11.0. The Morgan fingerprint density at radius 2 is 2.06 bits per heavy atom. The van der Waals surface area contributed by atoms with Gasteiger partial charge in [0.1, 0.15) is 5.75 Å². The molecule has 0 saturated carbocycles. The number of phenols is 1. The highest BCUT2D eigenvalue weighted by molar-refractivity contribution is 5.94. The van der Waals surface area contributed by atoms with Crippen LogP contribution in [0.2, 0.25) is 0 Å². The Labute approximate surface area is 94.7 Å². The van der Waals surface area contributed by atoms with Crippen LogP contribution in [-0.4, -0.2) is 23.6 Å². The van der Waals surface area contributed by atoms with E-state index in [0.717, 1.165) is 31.5 Å². The third kappa shape index (κ3) is 2.73. The van der Waals surface area contributed by atoms with Crippen molar-refractivity contribution in [1.82, 2.24) is 5.32 Å². The van der Waals surface area contributed by atoms with Crippen LogP contribution in [0.3, 0.4) is 0 Å². The Balaban J connectivity index is 1.93. The highest BCUT2D eigenvalue weighted by Crippen LogP contribution is 2.15. The fraction of sp³-hybridized carbons (Fsp3) is 0.417. The van der Waals surface area contributed by atoms with Gasteiger partial charge in [-0.15, -0.1) is 0 Å². The van der Waals surface area contributed by atoms with Crippen LogP contribution in [0, 0.1) is 0 Å². The van der Waals surface area contributed by atoms with Gasteiger partial charge < -0.3 is 15.7 Å². The molecule has 16 heavy (non-hydrogen) atoms. The zero-order chi connectivity index (χ0) is 11.4. The zero-order valence-corrected chi connectivity index (χ0v) is 9.07. The summed E-state index contributed by atoms with van der Waals surface area (Å²) < 4.78 is 0. The minimum absolute atomic E-state index is 0.00499. The standard InChI is InChI=1S/C12H16N2O2/c15-10-6-4-9(5-7-10)14-12(16)11-3-1-2-8-13-11/h4-7,11,13,15H,1-3,8H2,(H,14,16)/t11-/m0/s1. The summed E-state index contributed by atoms with van der Waals surface area (Å²) in [5, 5.41) is 15.1. The van der Waals surface area contributed by atoms with E-state index in [1.807, 2.05) is 0 Å². The minimum atomic E-state index is -0.0810. The summed E-state index contributed by atoms with van der Waals surface area (Å²) in [6, 6.07) is 6.42. The normalized spacial score (nSPS) is 20.4. The van der Waals surface area contributed by atoms with E-state index in [1.54, 1.807) is 24.3 Å². The number of phenolic OH excluding ortho intramolecular Hbond substituents is 1. The molecule has 4 nitrogen and oxygen atoms in total. The van der Waals surface area contributed by atoms with E-state index in [9.17, 15) is 4.79 Å². The van der Waals surface area contributed by atoms with Gasteiger partial charge in [-0.05, 0) is 43.7 Å². The summed E-state index contributed by atoms with van der Waals surface area (Å²) in [6.07, 6.45) is 3.13. The molecule has 86 valence electrons. The van der Waals surface area contributed by atoms with Crippen molar-refractivity contribution in [3.63, 3.8) is 0 Å². The Morgan fingerprint density at radius 3 is 2.69 bits per heavy atom. The number of carbonyl (C=O) groups is 1. The van der Waals surface area contributed by atoms with Crippen molar-refractivity contribution in [1.29, 1.82) is 0 Å². The van der Waals surface area contributed by atoms with Gasteiger partial charge >= 0.3 is 0 Å². The summed E-state index contributed by atoms with van der Waals surface area (Å²) in [4.78, 5) is 11.8. The molecule has 1 heterocycles. The lowest BCUT2D eigenvalue weighted by Gasteiger charge is -2.22. The fourth-order valence-electron chi connectivity index (χ4n) is 1.85. The van der Waals surface area contributed by atoms with Crippen molar-refractivity contribution < 1.29 is 9.90 Å². The number of hydrogen-bond donors (Lipinski definition) is 3. The number of benzene rings is 1. The van der Waals surface area contributed by atoms with Crippen molar-refractivity contribution in [2.24, 2.45) is 0 Å². The molecule has 0 unspecified atom stereocenters. The molecule has 0 aromatic heterocycles. The molecule has 0 aliphatic carbocycles. The van der Waals surface area contributed by atoms with Gasteiger partial charge in [-0.3, -0.25) is 4.79 Å². The minimum Gasteiger partial charge on any atom is -0.508 e. The summed E-state index contributed by atoms with van der Waals surface area (Å²) in [7, 11) is 0. The fourth-order valence-corrected chi connectivity index (χ4v) is 1.85. The van der Waals surface area contributed by atoms with Gasteiger partial charge in [0.15, 0.2) is 0 Å². The number of amides is 1. The van der Waals surface area contributed by atoms with Gasteiger partial charge in [-0.25, -0.2) is 0 Å². The molecule has 2 rings (SSSR count). The van der Waals surface area contributed by atoms with Crippen molar-refractivity contribution in [2.45, 2.75) is 25.3 Å². The molecule has 0 radical (unpaired) electrons. The summed E-state index contributed by atoms with van der Waals surface area (Å²) >= 11 is 0. The largest absolute Gasteiger partial charge is 0.508 e. The molecule has 0 spiro atoms. The monoisotopic (exact) mass is 220 g/mol. The second-order valence-electron chi connectivity index (χ2n) is 4.04. The summed E-state index contributed by atoms with van der Waals surface area (Å²) in [5.41, 5.74) is 0.718. The van der Waals surface area contributed by atoms with Crippen LogP contribution in [0.5, 0.6) is 5.75 Å². The van der Waals surface area contributed by atoms with Gasteiger partial charge in [0.05, 0.1) is 6.04 Å². The molecule has 1 aliphatic heterocycles. The lowest BCUT2D eigenvalue weighted by Crippen LogP contribution is -2.43. The smallest absolute Gasteiger partial charge is 0.241 e. The molecule has 1 aromatic carbocycles. The second-order valence-corrected chi connectivity index (χ2v) is 4.04. The Kier molecular flexibility index (Phi) is 3.41. The lowest BCUT2D eigenvalue weighted by atomic mass is 10.0. The second kappa shape index (κ2) is 4.99. The molecule has 0 bridgehead atoms. The highest BCUT2D eigenvalue weighted by atomic mass is 16.3. The first-order chi connectivity index (χ1) is 7.75. The lowest BCUT2D eigenvalue weighted by molar-refractivity contribution is -0.118. The summed E-state index contributed by atoms with van der Waals surface area (Å²) in [6.45, 7) is 0.910. The third-order valence-corrected chi connectivity index (χ3v) is 2.76. The van der Waals surface area contributed by atoms with Crippen LogP contribution < -0.4 is 10.6 Å². The van der Waals surface area contributed by atoms with E-state index in [-0.39, 0.29) is 17.7 Å². The number of piperidine rings is 1. The van der Waals surface area contributed by atoms with E-state index in [0.29, 0.717) is 0 Å². The molecule has 1 atom stereocenters. The maximum absolute atomic E-state index is 11.8. The molecule has 1 aromatic rings. The first-order valence-corrected chi connectivity index (χ1v) is 5.59. The van der Waals surface area contributed by atoms with E-state index >= 15 is 0 Å². The number of hydrogen-bond acceptors (Lipinski definition) is 3. The number of aromatic hydroxyl groups is 1. The maximum Gasteiger partial charge on any atom is 0.241 e. The van der Waals surface area contributed by atoms with Crippen LogP contribution in [0.25, 0.3) is 0 Å². The van der Waals surface area contributed by atoms with Gasteiger partial charge in [0.2, 0.25) is 5.91 Å². The van der Waals surface area contributed by atoms with Gasteiger partial charge in [0, 0.05) is 5.69 Å². The van der Waals surface area contributed by atoms with Crippen molar-refractivity contribution in [3.05, 3.63) is 24.3 Å². The van der Waals surface area contributed by atoms with Gasteiger partial charge in [-0.1, -0.05) is 6.42 Å². The van der Waals surface area contributed by atoms with Gasteiger partial charge in [0.25, 0.3) is 0 Å². The molecular weight excluding hydrogens is 204 g/mol. The predicted octanol–water partition coefficient (Wildman–Crippen LogP) is 1.47. The number of rotatable bonds is 2. The van der Waals surface area contributed by atoms with E-state index in [2.05, 4.69) is 10.6 Å². The topological polar surface area (TPSA) is 61.4 Å². The van der Waals surface area contributed by atoms with Crippen LogP contribution in [0.4, 0.5) is 5.69 Å². The van der Waals surface area contributed by atoms with Crippen LogP contribution in [-0.2, 0) is 4.79 Å². The average molecular weight is 220 g/mol. The number of nitrogens with one attached hydrogen (secondary N) is 2. The SMILES string of the molecule is O=C(Nc1ccc(O)cc1)[C@@H]1CCCCN1. The van der Waals surface area contributed by atoms with Crippen molar-refractivity contribution in [2.75, 3.05) is 11.9 Å². The summed E-state index contributed by atoms with van der Waals surface area (Å²) in [5.74, 6) is 0.208. The molecular formula is C12H16N2O2. The van der Waals surface area contributed by atoms with Crippen LogP contribution in [0.15, 0.2) is 24.3 Å². The van der Waals surface area contributed by atoms with Crippen LogP contribution in [0.1, 0.15) is 19.3 Å². The Hall–Kier alpha value is -1.55. The number of carbonyl (C=O) groups excluding carboxylic acids is 1. The number of anilines is 1.